The second kappa shape index (κ2) is 11.0. The van der Waals surface area contributed by atoms with E-state index in [0.29, 0.717) is 18.8 Å². The van der Waals surface area contributed by atoms with Gasteiger partial charge < -0.3 is 14.6 Å². The Bertz CT molecular complexity index is 926. The van der Waals surface area contributed by atoms with Crippen LogP contribution in [0.25, 0.3) is 0 Å². The fourth-order valence-corrected chi connectivity index (χ4v) is 4.28. The van der Waals surface area contributed by atoms with Gasteiger partial charge in [-0.25, -0.2) is 9.78 Å². The highest BCUT2D eigenvalue weighted by Gasteiger charge is 2.22. The summed E-state index contributed by atoms with van der Waals surface area (Å²) in [5, 5.41) is 0.933. The molecule has 1 fully saturated rings. The average molecular weight is 438 g/mol. The first-order chi connectivity index (χ1) is 15.3. The number of hydrogen-bond acceptors (Lipinski definition) is 6. The van der Waals surface area contributed by atoms with Crippen molar-refractivity contribution in [2.75, 3.05) is 38.5 Å². The maximum absolute atomic E-state index is 12.5. The second-order valence-corrected chi connectivity index (χ2v) is 8.49. The maximum atomic E-state index is 12.5. The number of nitrogens with one attached hydrogen (secondary N) is 1. The lowest BCUT2D eigenvalue weighted by Crippen LogP contribution is -2.49. The molecule has 0 radical (unpaired) electrons. The number of piperazine rings is 1. The van der Waals surface area contributed by atoms with Gasteiger partial charge in [0.1, 0.15) is 5.75 Å². The van der Waals surface area contributed by atoms with Gasteiger partial charge in [0.15, 0.2) is 5.16 Å². The van der Waals surface area contributed by atoms with Crippen molar-refractivity contribution in [3.63, 3.8) is 0 Å². The van der Waals surface area contributed by atoms with Crippen molar-refractivity contribution in [1.29, 1.82) is 0 Å². The Morgan fingerprint density at radius 3 is 2.55 bits per heavy atom. The number of thioether (sulfide) groups is 1. The van der Waals surface area contributed by atoms with E-state index < -0.39 is 0 Å². The average Bonchev–Trinajstić information content (AvgIpc) is 3.33. The highest BCUT2D eigenvalue weighted by molar-refractivity contribution is 7.99. The smallest absolute Gasteiger partial charge is 0.410 e. The first-order valence-corrected chi connectivity index (χ1v) is 11.5. The molecule has 162 valence electrons. The lowest BCUT2D eigenvalue weighted by atomic mass is 10.2. The quantitative estimate of drug-likeness (QED) is 0.544. The summed E-state index contributed by atoms with van der Waals surface area (Å²) in [6.45, 7) is 4.04. The van der Waals surface area contributed by atoms with Gasteiger partial charge >= 0.3 is 6.09 Å². The van der Waals surface area contributed by atoms with E-state index >= 15 is 0 Å². The maximum Gasteiger partial charge on any atom is 0.415 e. The Kier molecular flexibility index (Phi) is 7.57. The molecule has 0 aliphatic carbocycles. The van der Waals surface area contributed by atoms with Gasteiger partial charge in [0.25, 0.3) is 0 Å². The molecule has 31 heavy (non-hydrogen) atoms. The van der Waals surface area contributed by atoms with Crippen LogP contribution in [0.2, 0.25) is 0 Å². The van der Waals surface area contributed by atoms with E-state index in [-0.39, 0.29) is 6.09 Å². The van der Waals surface area contributed by atoms with Gasteiger partial charge in [0.2, 0.25) is 0 Å². The number of carbonyl (C=O) groups excluding carboxylic acids is 1. The molecule has 1 aromatic carbocycles. The number of aromatic nitrogens is 3. The zero-order chi connectivity index (χ0) is 21.3. The molecule has 0 spiro atoms. The Balaban J connectivity index is 1.16. The van der Waals surface area contributed by atoms with Gasteiger partial charge in [-0.05, 0) is 36.2 Å². The van der Waals surface area contributed by atoms with Crippen molar-refractivity contribution in [2.45, 2.75) is 18.0 Å². The number of aromatic amines is 1. The Morgan fingerprint density at radius 1 is 1.00 bits per heavy atom. The SMILES string of the molecule is O=C(Oc1ccc(CCSc2ncc[nH]2)cc1)N1CCN(CCc2ccccn2)CC1. The summed E-state index contributed by atoms with van der Waals surface area (Å²) in [5.41, 5.74) is 2.31. The molecule has 0 saturated carbocycles. The minimum atomic E-state index is -0.273. The highest BCUT2D eigenvalue weighted by Crippen LogP contribution is 2.18. The fraction of sp³-hybridized carbons (Fsp3) is 0.348. The third-order valence-corrected chi connectivity index (χ3v) is 6.18. The number of rotatable bonds is 8. The van der Waals surface area contributed by atoms with Crippen LogP contribution in [0.1, 0.15) is 11.3 Å². The first kappa shape index (κ1) is 21.4. The minimum Gasteiger partial charge on any atom is -0.410 e. The zero-order valence-electron chi connectivity index (χ0n) is 17.4. The van der Waals surface area contributed by atoms with Crippen LogP contribution in [0, 0.1) is 0 Å². The van der Waals surface area contributed by atoms with Crippen LogP contribution in [0.3, 0.4) is 0 Å². The van der Waals surface area contributed by atoms with Gasteiger partial charge in [-0.1, -0.05) is 30.0 Å². The van der Waals surface area contributed by atoms with E-state index in [1.54, 1.807) is 22.9 Å². The molecule has 1 saturated heterocycles. The second-order valence-electron chi connectivity index (χ2n) is 7.40. The Hall–Kier alpha value is -2.84. The van der Waals surface area contributed by atoms with Crippen molar-refractivity contribution in [1.82, 2.24) is 24.8 Å². The predicted octanol–water partition coefficient (Wildman–Crippen LogP) is 3.50. The Labute approximate surface area is 186 Å². The number of hydrogen-bond donors (Lipinski definition) is 1. The van der Waals surface area contributed by atoms with E-state index in [1.807, 2.05) is 48.8 Å². The van der Waals surface area contributed by atoms with Crippen LogP contribution in [-0.4, -0.2) is 69.3 Å². The molecular formula is C23H27N5O2S. The molecule has 3 aromatic rings. The minimum absolute atomic E-state index is 0.273. The van der Waals surface area contributed by atoms with Crippen LogP contribution in [0.4, 0.5) is 4.79 Å². The predicted molar refractivity (Wildman–Crippen MR) is 121 cm³/mol. The van der Waals surface area contributed by atoms with E-state index in [9.17, 15) is 4.79 Å². The monoisotopic (exact) mass is 437 g/mol. The summed E-state index contributed by atoms with van der Waals surface area (Å²) >= 11 is 1.69. The highest BCUT2D eigenvalue weighted by atomic mass is 32.2. The molecule has 2 aromatic heterocycles. The molecule has 0 bridgehead atoms. The summed E-state index contributed by atoms with van der Waals surface area (Å²) in [6.07, 6.45) is 7.00. The van der Waals surface area contributed by atoms with Crippen molar-refractivity contribution < 1.29 is 9.53 Å². The molecule has 7 nitrogen and oxygen atoms in total. The van der Waals surface area contributed by atoms with Crippen LogP contribution >= 0.6 is 11.8 Å². The summed E-state index contributed by atoms with van der Waals surface area (Å²) in [7, 11) is 0. The summed E-state index contributed by atoms with van der Waals surface area (Å²) in [6, 6.07) is 13.8. The van der Waals surface area contributed by atoms with E-state index in [2.05, 4.69) is 25.9 Å². The number of benzene rings is 1. The molecule has 4 rings (SSSR count). The molecule has 0 atom stereocenters. The van der Waals surface area contributed by atoms with Gasteiger partial charge in [-0.3, -0.25) is 9.88 Å². The number of amides is 1. The van der Waals surface area contributed by atoms with Gasteiger partial charge in [-0.2, -0.15) is 0 Å². The Morgan fingerprint density at radius 2 is 1.84 bits per heavy atom. The molecule has 3 heterocycles. The molecule has 1 N–H and O–H groups in total. The number of carbonyl (C=O) groups is 1. The van der Waals surface area contributed by atoms with E-state index in [1.165, 1.54) is 5.56 Å². The third-order valence-electron chi connectivity index (χ3n) is 5.27. The van der Waals surface area contributed by atoms with Crippen LogP contribution in [0.15, 0.2) is 66.2 Å². The molecule has 1 aliphatic heterocycles. The molecule has 1 amide bonds. The van der Waals surface area contributed by atoms with E-state index in [0.717, 1.165) is 49.1 Å². The van der Waals surface area contributed by atoms with Crippen molar-refractivity contribution in [2.24, 2.45) is 0 Å². The number of aryl methyl sites for hydroxylation is 1. The number of H-pyrrole nitrogens is 1. The summed E-state index contributed by atoms with van der Waals surface area (Å²) < 4.78 is 5.58. The number of pyridine rings is 1. The lowest BCUT2D eigenvalue weighted by Gasteiger charge is -2.33. The van der Waals surface area contributed by atoms with Crippen molar-refractivity contribution >= 4 is 17.9 Å². The molecule has 0 unspecified atom stereocenters. The van der Waals surface area contributed by atoms with Crippen molar-refractivity contribution in [3.05, 3.63) is 72.3 Å². The molecule has 8 heteroatoms. The fourth-order valence-electron chi connectivity index (χ4n) is 3.46. The summed E-state index contributed by atoms with van der Waals surface area (Å²) in [4.78, 5) is 28.3. The molecule has 1 aliphatic rings. The van der Waals surface area contributed by atoms with Gasteiger partial charge in [0.05, 0.1) is 0 Å². The zero-order valence-corrected chi connectivity index (χ0v) is 18.3. The standard InChI is InChI=1S/C23H27N5O2S/c29-23(28-16-14-27(15-17-28)13-8-20-3-1-2-10-24-20)30-21-6-4-19(5-7-21)9-18-31-22-25-11-12-26-22/h1-7,10-12H,8-9,13-18H2,(H,25,26). The number of ether oxygens (including phenoxy) is 1. The largest absolute Gasteiger partial charge is 0.415 e. The number of imidazole rings is 1. The molecular weight excluding hydrogens is 410 g/mol. The first-order valence-electron chi connectivity index (χ1n) is 10.6. The third kappa shape index (κ3) is 6.57. The van der Waals surface area contributed by atoms with Crippen molar-refractivity contribution in [3.8, 4) is 5.75 Å². The van der Waals surface area contributed by atoms with E-state index in [4.69, 9.17) is 4.74 Å². The topological polar surface area (TPSA) is 74.3 Å². The number of nitrogens with zero attached hydrogens (tertiary/aromatic N) is 4. The lowest BCUT2D eigenvalue weighted by molar-refractivity contribution is 0.111. The van der Waals surface area contributed by atoms with Crippen LogP contribution in [0.5, 0.6) is 5.75 Å². The summed E-state index contributed by atoms with van der Waals surface area (Å²) in [5.74, 6) is 1.53. The van der Waals surface area contributed by atoms with Gasteiger partial charge in [-0.15, -0.1) is 0 Å². The van der Waals surface area contributed by atoms with Gasteiger partial charge in [0, 0.05) is 69.2 Å². The van der Waals surface area contributed by atoms with Crippen LogP contribution < -0.4 is 4.74 Å². The normalized spacial score (nSPS) is 14.5. The van der Waals surface area contributed by atoms with Crippen LogP contribution in [-0.2, 0) is 12.8 Å².